The highest BCUT2D eigenvalue weighted by molar-refractivity contribution is 5.78. The van der Waals surface area contributed by atoms with Gasteiger partial charge in [-0.25, -0.2) is 4.98 Å². The predicted molar refractivity (Wildman–Crippen MR) is 109 cm³/mol. The average molecular weight is 432 g/mol. The van der Waals surface area contributed by atoms with Crippen molar-refractivity contribution in [3.8, 4) is 6.07 Å². The summed E-state index contributed by atoms with van der Waals surface area (Å²) >= 11 is 0. The van der Waals surface area contributed by atoms with Crippen LogP contribution in [-0.2, 0) is 17.5 Å². The third-order valence-corrected chi connectivity index (χ3v) is 5.35. The van der Waals surface area contributed by atoms with Gasteiger partial charge in [0, 0.05) is 25.6 Å². The number of hydrogen-bond donors (Lipinski definition) is 3. The molecule has 1 aliphatic rings. The Bertz CT molecular complexity index is 964. The Kier molecular flexibility index (Phi) is 6.95. The zero-order valence-corrected chi connectivity index (χ0v) is 17.0. The fourth-order valence-electron chi connectivity index (χ4n) is 3.68. The second-order valence-electron chi connectivity index (χ2n) is 7.38. The van der Waals surface area contributed by atoms with E-state index in [1.807, 2.05) is 6.07 Å². The fourth-order valence-corrected chi connectivity index (χ4v) is 3.68. The summed E-state index contributed by atoms with van der Waals surface area (Å²) in [5, 5.41) is 18.0. The van der Waals surface area contributed by atoms with E-state index >= 15 is 0 Å². The maximum absolute atomic E-state index is 13.2. The summed E-state index contributed by atoms with van der Waals surface area (Å²) in [5.41, 5.74) is -0.401. The second-order valence-corrected chi connectivity index (χ2v) is 7.38. The van der Waals surface area contributed by atoms with Crippen LogP contribution in [0.2, 0.25) is 0 Å². The van der Waals surface area contributed by atoms with Crippen molar-refractivity contribution in [3.63, 3.8) is 0 Å². The summed E-state index contributed by atoms with van der Waals surface area (Å²) in [6.45, 7) is -0.113. The number of anilines is 2. The first-order chi connectivity index (χ1) is 14.8. The van der Waals surface area contributed by atoms with E-state index in [1.54, 1.807) is 7.05 Å². The molecule has 0 unspecified atom stereocenters. The highest BCUT2D eigenvalue weighted by Gasteiger charge is 2.32. The van der Waals surface area contributed by atoms with Crippen molar-refractivity contribution in [2.45, 2.75) is 44.4 Å². The predicted octanol–water partition coefficient (Wildman–Crippen LogP) is 3.70. The van der Waals surface area contributed by atoms with E-state index in [4.69, 9.17) is 0 Å². The molecule has 1 aromatic heterocycles. The molecule has 0 saturated heterocycles. The maximum Gasteiger partial charge on any atom is 0.416 e. The topological polar surface area (TPSA) is 103 Å². The molecule has 7 nitrogen and oxygen atoms in total. The SMILES string of the molecule is CNC(=O)[C@H]1CC[C@@H](Nc2nc(NCc3ccccc3C(F)(F)F)ncc2C#N)CC1. The van der Waals surface area contributed by atoms with Crippen molar-refractivity contribution in [3.05, 3.63) is 47.2 Å². The summed E-state index contributed by atoms with van der Waals surface area (Å²) < 4.78 is 39.5. The number of nitriles is 1. The normalized spacial score (nSPS) is 18.7. The van der Waals surface area contributed by atoms with Gasteiger partial charge in [-0.15, -0.1) is 0 Å². The number of amides is 1. The fraction of sp³-hybridized carbons (Fsp3) is 0.429. The van der Waals surface area contributed by atoms with E-state index in [2.05, 4.69) is 25.9 Å². The van der Waals surface area contributed by atoms with Gasteiger partial charge >= 0.3 is 6.18 Å². The van der Waals surface area contributed by atoms with Gasteiger partial charge in [-0.2, -0.15) is 23.4 Å². The number of benzene rings is 1. The van der Waals surface area contributed by atoms with Crippen LogP contribution in [0.25, 0.3) is 0 Å². The lowest BCUT2D eigenvalue weighted by atomic mass is 9.85. The molecule has 3 rings (SSSR count). The molecule has 31 heavy (non-hydrogen) atoms. The minimum atomic E-state index is -4.45. The monoisotopic (exact) mass is 432 g/mol. The number of carbonyl (C=O) groups excluding carboxylic acids is 1. The molecule has 0 bridgehead atoms. The zero-order valence-electron chi connectivity index (χ0n) is 17.0. The third kappa shape index (κ3) is 5.63. The molecule has 10 heteroatoms. The molecule has 164 valence electrons. The Morgan fingerprint density at radius 2 is 1.94 bits per heavy atom. The van der Waals surface area contributed by atoms with Gasteiger partial charge < -0.3 is 16.0 Å². The van der Waals surface area contributed by atoms with Crippen molar-refractivity contribution in [1.82, 2.24) is 15.3 Å². The van der Waals surface area contributed by atoms with Gasteiger partial charge in [-0.1, -0.05) is 18.2 Å². The first-order valence-corrected chi connectivity index (χ1v) is 9.96. The number of hydrogen-bond acceptors (Lipinski definition) is 6. The first-order valence-electron chi connectivity index (χ1n) is 9.96. The van der Waals surface area contributed by atoms with Crippen molar-refractivity contribution < 1.29 is 18.0 Å². The van der Waals surface area contributed by atoms with Crippen molar-refractivity contribution in [1.29, 1.82) is 5.26 Å². The van der Waals surface area contributed by atoms with Crippen LogP contribution in [0.3, 0.4) is 0 Å². The van der Waals surface area contributed by atoms with Gasteiger partial charge in [0.05, 0.1) is 11.8 Å². The van der Waals surface area contributed by atoms with Crippen LogP contribution in [0.1, 0.15) is 42.4 Å². The first kappa shape index (κ1) is 22.3. The van der Waals surface area contributed by atoms with E-state index in [-0.39, 0.29) is 41.5 Å². The quantitative estimate of drug-likeness (QED) is 0.643. The molecule has 1 fully saturated rings. The van der Waals surface area contributed by atoms with E-state index < -0.39 is 11.7 Å². The number of alkyl halides is 3. The van der Waals surface area contributed by atoms with E-state index in [1.165, 1.54) is 24.4 Å². The molecule has 0 aliphatic heterocycles. The molecule has 2 aromatic rings. The smallest absolute Gasteiger partial charge is 0.366 e. The van der Waals surface area contributed by atoms with E-state index in [9.17, 15) is 23.2 Å². The summed E-state index contributed by atoms with van der Waals surface area (Å²) in [5.74, 6) is 0.462. The molecule has 1 heterocycles. The lowest BCUT2D eigenvalue weighted by molar-refractivity contribution is -0.138. The molecule has 1 saturated carbocycles. The Labute approximate surface area is 178 Å². The molecule has 0 radical (unpaired) electrons. The van der Waals surface area contributed by atoms with Crippen LogP contribution in [-0.4, -0.2) is 29.0 Å². The van der Waals surface area contributed by atoms with Crippen LogP contribution in [0.15, 0.2) is 30.5 Å². The standard InChI is InChI=1S/C21H23F3N6O/c1-26-19(31)13-6-8-16(9-7-13)29-18-15(10-25)12-28-20(30-18)27-11-14-4-2-3-5-17(14)21(22,23)24/h2-5,12-13,16H,6-9,11H2,1H3,(H,26,31)(H2,27,28,29,30)/t13-,16+. The Morgan fingerprint density at radius 1 is 1.23 bits per heavy atom. The molecule has 1 aliphatic carbocycles. The number of carbonyl (C=O) groups is 1. The summed E-state index contributed by atoms with van der Waals surface area (Å²) in [6, 6.07) is 7.36. The van der Waals surface area contributed by atoms with E-state index in [0.29, 0.717) is 5.82 Å². The summed E-state index contributed by atoms with van der Waals surface area (Å²) in [7, 11) is 1.62. The van der Waals surface area contributed by atoms with Crippen molar-refractivity contribution in [2.75, 3.05) is 17.7 Å². The van der Waals surface area contributed by atoms with E-state index in [0.717, 1.165) is 31.7 Å². The van der Waals surface area contributed by atoms with Gasteiger partial charge in [0.2, 0.25) is 11.9 Å². The summed E-state index contributed by atoms with van der Waals surface area (Å²) in [4.78, 5) is 20.1. The molecular weight excluding hydrogens is 409 g/mol. The van der Waals surface area contributed by atoms with Gasteiger partial charge in [0.15, 0.2) is 0 Å². The highest BCUT2D eigenvalue weighted by atomic mass is 19.4. The minimum Gasteiger partial charge on any atom is -0.366 e. The Hall–Kier alpha value is -3.35. The molecule has 0 spiro atoms. The van der Waals surface area contributed by atoms with Crippen LogP contribution < -0.4 is 16.0 Å². The van der Waals surface area contributed by atoms with Gasteiger partial charge in [0.25, 0.3) is 0 Å². The Morgan fingerprint density at radius 3 is 2.58 bits per heavy atom. The third-order valence-electron chi connectivity index (χ3n) is 5.35. The second kappa shape index (κ2) is 9.64. The molecule has 3 N–H and O–H groups in total. The number of rotatable bonds is 6. The van der Waals surface area contributed by atoms with Crippen molar-refractivity contribution in [2.24, 2.45) is 5.92 Å². The zero-order chi connectivity index (χ0) is 22.4. The van der Waals surface area contributed by atoms with Crippen molar-refractivity contribution >= 4 is 17.7 Å². The maximum atomic E-state index is 13.2. The minimum absolute atomic E-state index is 0.0187. The molecule has 0 atom stereocenters. The average Bonchev–Trinajstić information content (AvgIpc) is 2.77. The summed E-state index contributed by atoms with van der Waals surface area (Å²) in [6.07, 6.45) is -0.176. The lowest BCUT2D eigenvalue weighted by Crippen LogP contribution is -2.34. The molecular formula is C21H23F3N6O. The van der Waals surface area contributed by atoms with Crippen LogP contribution in [0, 0.1) is 17.2 Å². The number of nitrogens with zero attached hydrogens (tertiary/aromatic N) is 3. The van der Waals surface area contributed by atoms with Crippen LogP contribution >= 0.6 is 0 Å². The number of aromatic nitrogens is 2. The van der Waals surface area contributed by atoms with Crippen LogP contribution in [0.4, 0.5) is 24.9 Å². The van der Waals surface area contributed by atoms with Crippen LogP contribution in [0.5, 0.6) is 0 Å². The van der Waals surface area contributed by atoms with Gasteiger partial charge in [-0.3, -0.25) is 4.79 Å². The highest BCUT2D eigenvalue weighted by Crippen LogP contribution is 2.32. The molecule has 1 amide bonds. The molecule has 1 aromatic carbocycles. The number of nitrogens with one attached hydrogen (secondary N) is 3. The lowest BCUT2D eigenvalue weighted by Gasteiger charge is -2.28. The van der Waals surface area contributed by atoms with Gasteiger partial charge in [-0.05, 0) is 37.3 Å². The Balaban J connectivity index is 1.68. The number of halogens is 3. The largest absolute Gasteiger partial charge is 0.416 e. The van der Waals surface area contributed by atoms with Gasteiger partial charge in [0.1, 0.15) is 17.5 Å².